The molecule has 0 spiro atoms. The zero-order valence-electron chi connectivity index (χ0n) is 18.5. The van der Waals surface area contributed by atoms with E-state index in [2.05, 4.69) is 19.1 Å². The second-order valence-corrected chi connectivity index (χ2v) is 10.1. The van der Waals surface area contributed by atoms with Crippen LogP contribution in [0.5, 0.6) is 0 Å². The molecule has 2 saturated carbocycles. The first-order valence-electron chi connectivity index (χ1n) is 12.4. The van der Waals surface area contributed by atoms with Crippen LogP contribution >= 0.6 is 11.6 Å². The summed E-state index contributed by atoms with van der Waals surface area (Å²) in [6, 6.07) is 10.3. The van der Waals surface area contributed by atoms with Crippen molar-refractivity contribution in [2.45, 2.75) is 108 Å². The quantitative estimate of drug-likeness (QED) is 0.344. The normalized spacial score (nSPS) is 28.5. The van der Waals surface area contributed by atoms with E-state index in [0.29, 0.717) is 18.4 Å². The molecule has 0 amide bonds. The van der Waals surface area contributed by atoms with E-state index in [1.54, 1.807) is 0 Å². The number of halogens is 1. The molecule has 3 fully saturated rings. The highest BCUT2D eigenvalue weighted by Gasteiger charge is 2.51. The van der Waals surface area contributed by atoms with Gasteiger partial charge in [-0.05, 0) is 49.5 Å². The third-order valence-electron chi connectivity index (χ3n) is 7.46. The molecule has 0 unspecified atom stereocenters. The molecule has 30 heavy (non-hydrogen) atoms. The Bertz CT molecular complexity index is 592. The molecule has 3 aliphatic rings. The SMILES string of the molecule is CC[C@H](OCc1ccccc1)[C@@H](Cl)B1O[C@H](C2CCCCC2)[C@@H](C2CCCCC2)O1. The van der Waals surface area contributed by atoms with Gasteiger partial charge < -0.3 is 14.0 Å². The minimum absolute atomic E-state index is 0.0750. The van der Waals surface area contributed by atoms with Crippen molar-refractivity contribution in [3.63, 3.8) is 0 Å². The molecule has 0 radical (unpaired) electrons. The number of alkyl halides is 1. The lowest BCUT2D eigenvalue weighted by Crippen LogP contribution is -2.40. The van der Waals surface area contributed by atoms with Crippen molar-refractivity contribution in [2.24, 2.45) is 11.8 Å². The van der Waals surface area contributed by atoms with Gasteiger partial charge in [-0.2, -0.15) is 0 Å². The molecule has 1 saturated heterocycles. The van der Waals surface area contributed by atoms with Gasteiger partial charge in [-0.1, -0.05) is 75.8 Å². The summed E-state index contributed by atoms with van der Waals surface area (Å²) >= 11 is 6.95. The zero-order chi connectivity index (χ0) is 20.8. The van der Waals surface area contributed by atoms with Crippen LogP contribution in [-0.2, 0) is 20.7 Å². The first-order valence-corrected chi connectivity index (χ1v) is 12.8. The minimum atomic E-state index is -0.355. The molecule has 1 aromatic rings. The van der Waals surface area contributed by atoms with Gasteiger partial charge in [-0.15, -0.1) is 11.6 Å². The topological polar surface area (TPSA) is 27.7 Å². The van der Waals surface area contributed by atoms with Crippen LogP contribution in [0.15, 0.2) is 30.3 Å². The van der Waals surface area contributed by atoms with Crippen molar-refractivity contribution >= 4 is 18.7 Å². The lowest BCUT2D eigenvalue weighted by atomic mass is 9.77. The smallest absolute Gasteiger partial charge is 0.404 e. The first-order chi connectivity index (χ1) is 14.8. The van der Waals surface area contributed by atoms with Crippen LogP contribution in [0, 0.1) is 11.8 Å². The van der Waals surface area contributed by atoms with Gasteiger partial charge in [0.1, 0.15) is 0 Å². The van der Waals surface area contributed by atoms with Crippen LogP contribution in [0.3, 0.4) is 0 Å². The maximum atomic E-state index is 6.95. The third kappa shape index (κ3) is 5.62. The number of benzene rings is 1. The third-order valence-corrected chi connectivity index (χ3v) is 7.95. The Morgan fingerprint density at radius 3 is 1.93 bits per heavy atom. The number of hydrogen-bond acceptors (Lipinski definition) is 3. The fourth-order valence-electron chi connectivity index (χ4n) is 5.72. The fourth-order valence-corrected chi connectivity index (χ4v) is 6.09. The van der Waals surface area contributed by atoms with E-state index >= 15 is 0 Å². The molecule has 1 aliphatic heterocycles. The van der Waals surface area contributed by atoms with Crippen LogP contribution in [0.4, 0.5) is 0 Å². The van der Waals surface area contributed by atoms with Crippen molar-refractivity contribution in [3.05, 3.63) is 35.9 Å². The molecular weight excluding hydrogens is 395 g/mol. The van der Waals surface area contributed by atoms with Gasteiger partial charge in [0.2, 0.25) is 0 Å². The largest absolute Gasteiger partial charge is 0.479 e. The molecule has 1 heterocycles. The highest BCUT2D eigenvalue weighted by atomic mass is 35.5. The number of rotatable bonds is 8. The van der Waals surface area contributed by atoms with Gasteiger partial charge in [-0.3, -0.25) is 0 Å². The van der Waals surface area contributed by atoms with Crippen LogP contribution in [-0.4, -0.2) is 30.7 Å². The second kappa shape index (κ2) is 11.4. The molecule has 4 rings (SSSR count). The Balaban J connectivity index is 1.41. The molecule has 0 aromatic heterocycles. The average molecular weight is 433 g/mol. The zero-order valence-corrected chi connectivity index (χ0v) is 19.3. The van der Waals surface area contributed by atoms with Crippen molar-refractivity contribution in [3.8, 4) is 0 Å². The highest BCUT2D eigenvalue weighted by molar-refractivity contribution is 6.60. The Kier molecular flexibility index (Phi) is 8.57. The highest BCUT2D eigenvalue weighted by Crippen LogP contribution is 2.41. The lowest BCUT2D eigenvalue weighted by Gasteiger charge is -2.35. The molecule has 4 atom stereocenters. The van der Waals surface area contributed by atoms with E-state index in [-0.39, 0.29) is 30.7 Å². The monoisotopic (exact) mass is 432 g/mol. The van der Waals surface area contributed by atoms with Crippen LogP contribution < -0.4 is 0 Å². The maximum absolute atomic E-state index is 6.95. The van der Waals surface area contributed by atoms with E-state index < -0.39 is 0 Å². The Hall–Kier alpha value is -0.545. The summed E-state index contributed by atoms with van der Waals surface area (Å²) in [5, 5.41) is -0.279. The maximum Gasteiger partial charge on any atom is 0.479 e. The van der Waals surface area contributed by atoms with Crippen molar-refractivity contribution in [1.29, 1.82) is 0 Å². The van der Waals surface area contributed by atoms with Gasteiger partial charge in [0, 0.05) is 0 Å². The molecule has 3 nitrogen and oxygen atoms in total. The average Bonchev–Trinajstić information content (AvgIpc) is 3.27. The molecule has 1 aromatic carbocycles. The predicted octanol–water partition coefficient (Wildman–Crippen LogP) is 6.56. The van der Waals surface area contributed by atoms with Crippen LogP contribution in [0.25, 0.3) is 0 Å². The summed E-state index contributed by atoms with van der Waals surface area (Å²) in [7, 11) is -0.355. The summed E-state index contributed by atoms with van der Waals surface area (Å²) in [5.74, 6) is 1.26. The van der Waals surface area contributed by atoms with Crippen molar-refractivity contribution in [1.82, 2.24) is 0 Å². The Labute approximate surface area is 188 Å². The van der Waals surface area contributed by atoms with Crippen LogP contribution in [0.1, 0.15) is 83.1 Å². The molecular formula is C25H38BClO3. The summed E-state index contributed by atoms with van der Waals surface area (Å²) in [6.45, 7) is 2.71. The summed E-state index contributed by atoms with van der Waals surface area (Å²) in [4.78, 5) is 0. The summed E-state index contributed by atoms with van der Waals surface area (Å²) in [6.07, 6.45) is 14.4. The number of ether oxygens (including phenoxy) is 1. The van der Waals surface area contributed by atoms with Crippen LogP contribution in [0.2, 0.25) is 0 Å². The minimum Gasteiger partial charge on any atom is -0.404 e. The van der Waals surface area contributed by atoms with E-state index in [4.69, 9.17) is 25.6 Å². The molecule has 0 bridgehead atoms. The lowest BCUT2D eigenvalue weighted by molar-refractivity contribution is 0.0324. The van der Waals surface area contributed by atoms with Crippen molar-refractivity contribution < 1.29 is 14.0 Å². The molecule has 166 valence electrons. The Morgan fingerprint density at radius 1 is 0.900 bits per heavy atom. The van der Waals surface area contributed by atoms with Gasteiger partial charge in [-0.25, -0.2) is 0 Å². The van der Waals surface area contributed by atoms with Crippen molar-refractivity contribution in [2.75, 3.05) is 0 Å². The standard InChI is InChI=1S/C25H38BClO3/c1-2-22(28-18-19-12-6-3-7-13-19)25(27)26-29-23(20-14-8-4-9-15-20)24(30-26)21-16-10-5-11-17-21/h3,6-7,12-13,20-25H,2,4-5,8-11,14-18H2,1H3/t22-,23+,24+,25+/m0/s1. The molecule has 5 heteroatoms. The second-order valence-electron chi connectivity index (χ2n) is 9.55. The summed E-state index contributed by atoms with van der Waals surface area (Å²) < 4.78 is 19.5. The molecule has 2 aliphatic carbocycles. The van der Waals surface area contributed by atoms with E-state index in [9.17, 15) is 0 Å². The Morgan fingerprint density at radius 2 is 1.43 bits per heavy atom. The van der Waals surface area contributed by atoms with Gasteiger partial charge in [0.25, 0.3) is 0 Å². The van der Waals surface area contributed by atoms with Gasteiger partial charge in [0.15, 0.2) is 0 Å². The number of hydrogen-bond donors (Lipinski definition) is 0. The van der Waals surface area contributed by atoms with E-state index in [1.807, 2.05) is 18.2 Å². The molecule has 0 N–H and O–H groups in total. The summed E-state index contributed by atoms with van der Waals surface area (Å²) in [5.41, 5.74) is 1.17. The van der Waals surface area contributed by atoms with E-state index in [1.165, 1.54) is 69.8 Å². The van der Waals surface area contributed by atoms with Gasteiger partial charge in [0.05, 0.1) is 30.2 Å². The fraction of sp³-hybridized carbons (Fsp3) is 0.760. The predicted molar refractivity (Wildman–Crippen MR) is 124 cm³/mol. The first kappa shape index (κ1) is 22.6. The van der Waals surface area contributed by atoms with E-state index in [0.717, 1.165) is 6.42 Å². The van der Waals surface area contributed by atoms with Gasteiger partial charge >= 0.3 is 7.12 Å².